The predicted octanol–water partition coefficient (Wildman–Crippen LogP) is 3.05. The van der Waals surface area contributed by atoms with Gasteiger partial charge in [0, 0.05) is 6.04 Å². The zero-order valence-corrected chi connectivity index (χ0v) is 11.7. The Bertz CT molecular complexity index is 271. The molecule has 17 heavy (non-hydrogen) atoms. The number of aliphatic carboxylic acids is 1. The summed E-state index contributed by atoms with van der Waals surface area (Å²) in [5.41, 5.74) is -0.171. The molecule has 100 valence electrons. The SMILES string of the molecule is CC1(C)CCCC(NCCC(C)(C)C(=O)O)C1. The molecular formula is C14H27NO2. The topological polar surface area (TPSA) is 49.3 Å². The van der Waals surface area contributed by atoms with E-state index in [1.807, 2.05) is 0 Å². The summed E-state index contributed by atoms with van der Waals surface area (Å²) in [6.07, 6.45) is 5.73. The van der Waals surface area contributed by atoms with Gasteiger partial charge in [0.05, 0.1) is 5.41 Å². The lowest BCUT2D eigenvalue weighted by molar-refractivity contribution is -0.147. The van der Waals surface area contributed by atoms with Crippen LogP contribution >= 0.6 is 0 Å². The van der Waals surface area contributed by atoms with Crippen molar-refractivity contribution in [2.75, 3.05) is 6.54 Å². The van der Waals surface area contributed by atoms with Gasteiger partial charge in [0.25, 0.3) is 0 Å². The van der Waals surface area contributed by atoms with E-state index in [1.54, 1.807) is 13.8 Å². The number of carboxylic acid groups (broad SMARTS) is 1. The van der Waals surface area contributed by atoms with E-state index in [0.717, 1.165) is 6.54 Å². The molecule has 1 atom stereocenters. The van der Waals surface area contributed by atoms with Gasteiger partial charge in [-0.25, -0.2) is 0 Å². The molecule has 3 nitrogen and oxygen atoms in total. The van der Waals surface area contributed by atoms with Gasteiger partial charge in [-0.05, 0) is 51.5 Å². The highest BCUT2D eigenvalue weighted by Gasteiger charge is 2.29. The Morgan fingerprint density at radius 2 is 2.12 bits per heavy atom. The molecule has 1 unspecified atom stereocenters. The number of hydrogen-bond acceptors (Lipinski definition) is 2. The van der Waals surface area contributed by atoms with Crippen molar-refractivity contribution < 1.29 is 9.90 Å². The maximum absolute atomic E-state index is 11.0. The van der Waals surface area contributed by atoms with Gasteiger partial charge in [0.15, 0.2) is 0 Å². The summed E-state index contributed by atoms with van der Waals surface area (Å²) in [6, 6.07) is 0.573. The molecule has 1 saturated carbocycles. The van der Waals surface area contributed by atoms with Crippen molar-refractivity contribution in [1.29, 1.82) is 0 Å². The minimum Gasteiger partial charge on any atom is -0.481 e. The number of nitrogens with one attached hydrogen (secondary N) is 1. The van der Waals surface area contributed by atoms with Crippen LogP contribution in [0, 0.1) is 10.8 Å². The molecule has 0 aromatic carbocycles. The monoisotopic (exact) mass is 241 g/mol. The molecule has 0 aromatic rings. The Morgan fingerprint density at radius 1 is 1.47 bits per heavy atom. The second-order valence-electron chi connectivity index (χ2n) is 6.85. The highest BCUT2D eigenvalue weighted by atomic mass is 16.4. The quantitative estimate of drug-likeness (QED) is 0.778. The first-order chi connectivity index (χ1) is 7.73. The third-order valence-electron chi connectivity index (χ3n) is 3.97. The molecule has 1 fully saturated rings. The lowest BCUT2D eigenvalue weighted by Gasteiger charge is -2.36. The van der Waals surface area contributed by atoms with Crippen LogP contribution in [0.5, 0.6) is 0 Å². The van der Waals surface area contributed by atoms with Gasteiger partial charge in [-0.2, -0.15) is 0 Å². The highest BCUT2D eigenvalue weighted by Crippen LogP contribution is 2.35. The summed E-state index contributed by atoms with van der Waals surface area (Å²) in [5, 5.41) is 12.6. The van der Waals surface area contributed by atoms with Crippen LogP contribution in [-0.4, -0.2) is 23.7 Å². The molecule has 0 radical (unpaired) electrons. The van der Waals surface area contributed by atoms with E-state index < -0.39 is 11.4 Å². The molecule has 1 rings (SSSR count). The van der Waals surface area contributed by atoms with Gasteiger partial charge in [-0.15, -0.1) is 0 Å². The van der Waals surface area contributed by atoms with Gasteiger partial charge >= 0.3 is 5.97 Å². The van der Waals surface area contributed by atoms with E-state index in [1.165, 1.54) is 25.7 Å². The third-order valence-corrected chi connectivity index (χ3v) is 3.97. The normalized spacial score (nSPS) is 24.6. The fraction of sp³-hybridized carbons (Fsp3) is 0.929. The van der Waals surface area contributed by atoms with E-state index >= 15 is 0 Å². The number of carboxylic acids is 1. The zero-order valence-electron chi connectivity index (χ0n) is 11.7. The number of rotatable bonds is 5. The molecule has 0 heterocycles. The second kappa shape index (κ2) is 5.38. The van der Waals surface area contributed by atoms with Crippen LogP contribution in [0.15, 0.2) is 0 Å². The molecule has 0 aliphatic heterocycles. The van der Waals surface area contributed by atoms with Gasteiger partial charge in [-0.1, -0.05) is 20.3 Å². The molecule has 0 saturated heterocycles. The summed E-state index contributed by atoms with van der Waals surface area (Å²) in [4.78, 5) is 11.0. The summed E-state index contributed by atoms with van der Waals surface area (Å²) >= 11 is 0. The van der Waals surface area contributed by atoms with Crippen LogP contribution in [0.4, 0.5) is 0 Å². The van der Waals surface area contributed by atoms with Crippen LogP contribution in [0.1, 0.15) is 59.8 Å². The maximum atomic E-state index is 11.0. The molecular weight excluding hydrogens is 214 g/mol. The van der Waals surface area contributed by atoms with Crippen molar-refractivity contribution >= 4 is 5.97 Å². The first kappa shape index (κ1) is 14.5. The Hall–Kier alpha value is -0.570. The first-order valence-electron chi connectivity index (χ1n) is 6.70. The average molecular weight is 241 g/mol. The average Bonchev–Trinajstić information content (AvgIpc) is 2.15. The Balaban J connectivity index is 2.30. The van der Waals surface area contributed by atoms with Crippen molar-refractivity contribution in [3.8, 4) is 0 Å². The van der Waals surface area contributed by atoms with E-state index in [0.29, 0.717) is 17.9 Å². The molecule has 0 spiro atoms. The Morgan fingerprint density at radius 3 is 2.65 bits per heavy atom. The highest BCUT2D eigenvalue weighted by molar-refractivity contribution is 5.73. The summed E-state index contributed by atoms with van der Waals surface area (Å²) in [7, 11) is 0. The largest absolute Gasteiger partial charge is 0.481 e. The smallest absolute Gasteiger partial charge is 0.309 e. The van der Waals surface area contributed by atoms with E-state index in [4.69, 9.17) is 5.11 Å². The van der Waals surface area contributed by atoms with Crippen LogP contribution in [-0.2, 0) is 4.79 Å². The van der Waals surface area contributed by atoms with E-state index in [9.17, 15) is 4.79 Å². The van der Waals surface area contributed by atoms with Crippen molar-refractivity contribution in [2.24, 2.45) is 10.8 Å². The Kier molecular flexibility index (Phi) is 4.59. The van der Waals surface area contributed by atoms with Crippen molar-refractivity contribution in [3.63, 3.8) is 0 Å². The molecule has 0 amide bonds. The summed E-state index contributed by atoms with van der Waals surface area (Å²) in [5.74, 6) is -0.705. The van der Waals surface area contributed by atoms with E-state index in [2.05, 4.69) is 19.2 Å². The fourth-order valence-corrected chi connectivity index (χ4v) is 2.57. The summed E-state index contributed by atoms with van der Waals surface area (Å²) < 4.78 is 0. The minimum atomic E-state index is -0.705. The lowest BCUT2D eigenvalue weighted by Crippen LogP contribution is -2.39. The first-order valence-corrected chi connectivity index (χ1v) is 6.70. The van der Waals surface area contributed by atoms with Crippen molar-refractivity contribution in [2.45, 2.75) is 65.8 Å². The molecule has 2 N–H and O–H groups in total. The van der Waals surface area contributed by atoms with E-state index in [-0.39, 0.29) is 0 Å². The molecule has 1 aliphatic rings. The van der Waals surface area contributed by atoms with Crippen LogP contribution in [0.2, 0.25) is 0 Å². The fourth-order valence-electron chi connectivity index (χ4n) is 2.57. The Labute approximate surface area is 105 Å². The van der Waals surface area contributed by atoms with Gasteiger partial charge < -0.3 is 10.4 Å². The summed E-state index contributed by atoms with van der Waals surface area (Å²) in [6.45, 7) is 9.04. The maximum Gasteiger partial charge on any atom is 0.309 e. The molecule has 3 heteroatoms. The van der Waals surface area contributed by atoms with Gasteiger partial charge in [0.1, 0.15) is 0 Å². The lowest BCUT2D eigenvalue weighted by atomic mass is 9.75. The third kappa shape index (κ3) is 4.66. The predicted molar refractivity (Wildman–Crippen MR) is 70.1 cm³/mol. The van der Waals surface area contributed by atoms with Crippen molar-refractivity contribution in [1.82, 2.24) is 5.32 Å². The number of hydrogen-bond donors (Lipinski definition) is 2. The van der Waals surface area contributed by atoms with Crippen LogP contribution in [0.25, 0.3) is 0 Å². The molecule has 0 aromatic heterocycles. The van der Waals surface area contributed by atoms with Crippen LogP contribution in [0.3, 0.4) is 0 Å². The van der Waals surface area contributed by atoms with Crippen molar-refractivity contribution in [3.05, 3.63) is 0 Å². The van der Waals surface area contributed by atoms with Gasteiger partial charge in [0.2, 0.25) is 0 Å². The standard InChI is InChI=1S/C14H27NO2/c1-13(2)7-5-6-11(10-13)15-9-8-14(3,4)12(16)17/h11,15H,5-10H2,1-4H3,(H,16,17). The number of carbonyl (C=O) groups is 1. The van der Waals surface area contributed by atoms with Crippen LogP contribution < -0.4 is 5.32 Å². The molecule has 1 aliphatic carbocycles. The minimum absolute atomic E-state index is 0.443. The van der Waals surface area contributed by atoms with Gasteiger partial charge in [-0.3, -0.25) is 4.79 Å². The zero-order chi connectivity index (χ0) is 13.1. The second-order valence-corrected chi connectivity index (χ2v) is 6.85. The molecule has 0 bridgehead atoms.